The van der Waals surface area contributed by atoms with Crippen molar-refractivity contribution in [1.29, 1.82) is 0 Å². The Kier molecular flexibility index (Phi) is 2.02. The molecule has 2 heteroatoms. The van der Waals surface area contributed by atoms with Gasteiger partial charge in [-0.1, -0.05) is 0 Å². The van der Waals surface area contributed by atoms with Crippen molar-refractivity contribution >= 4 is 0 Å². The molecule has 2 atom stereocenters. The van der Waals surface area contributed by atoms with Crippen molar-refractivity contribution in [2.24, 2.45) is 0 Å². The summed E-state index contributed by atoms with van der Waals surface area (Å²) >= 11 is 0. The molecule has 10 heavy (non-hydrogen) atoms. The Bertz CT molecular complexity index is 122. The fourth-order valence-electron chi connectivity index (χ4n) is 1.56. The van der Waals surface area contributed by atoms with Crippen molar-refractivity contribution in [3.8, 4) is 0 Å². The molecule has 0 unspecified atom stereocenters. The van der Waals surface area contributed by atoms with Gasteiger partial charge < -0.3 is 10.0 Å². The lowest BCUT2D eigenvalue weighted by molar-refractivity contribution is -0.0508. The highest BCUT2D eigenvalue weighted by molar-refractivity contribution is 4.89. The first kappa shape index (κ1) is 8.02. The molecule has 1 N–H and O–H groups in total. The van der Waals surface area contributed by atoms with Gasteiger partial charge >= 0.3 is 0 Å². The number of rotatable bonds is 0. The number of piperidine rings is 1. The van der Waals surface area contributed by atoms with E-state index in [1.54, 1.807) is 0 Å². The fraction of sp³-hybridized carbons (Fsp3) is 1.00. The quantitative estimate of drug-likeness (QED) is 0.543. The molecule has 1 saturated heterocycles. The monoisotopic (exact) mass is 143 g/mol. The van der Waals surface area contributed by atoms with Gasteiger partial charge in [0.1, 0.15) is 0 Å². The third-order valence-corrected chi connectivity index (χ3v) is 2.75. The average molecular weight is 143 g/mol. The van der Waals surface area contributed by atoms with Gasteiger partial charge in [-0.2, -0.15) is 0 Å². The standard InChI is InChI=1S/C8H17NO/c1-7-8(2,10)5-4-6-9(7)3/h7,10H,4-6H2,1-3H3/t7-,8-/m0/s1. The summed E-state index contributed by atoms with van der Waals surface area (Å²) in [4.78, 5) is 2.21. The minimum atomic E-state index is -0.465. The molecule has 0 saturated carbocycles. The third kappa shape index (κ3) is 1.32. The van der Waals surface area contributed by atoms with Gasteiger partial charge in [-0.05, 0) is 40.3 Å². The van der Waals surface area contributed by atoms with Crippen molar-refractivity contribution < 1.29 is 5.11 Å². The predicted octanol–water partition coefficient (Wildman–Crippen LogP) is 0.851. The van der Waals surface area contributed by atoms with Crippen molar-refractivity contribution in [3.63, 3.8) is 0 Å². The lowest BCUT2D eigenvalue weighted by Crippen LogP contribution is -2.51. The zero-order valence-electron chi connectivity index (χ0n) is 7.09. The topological polar surface area (TPSA) is 23.5 Å². The Labute approximate surface area is 62.8 Å². The number of hydrogen-bond donors (Lipinski definition) is 1. The summed E-state index contributed by atoms with van der Waals surface area (Å²) in [5, 5.41) is 9.77. The molecule has 0 aromatic carbocycles. The predicted molar refractivity (Wildman–Crippen MR) is 41.9 cm³/mol. The maximum atomic E-state index is 9.77. The fourth-order valence-corrected chi connectivity index (χ4v) is 1.56. The van der Waals surface area contributed by atoms with E-state index in [9.17, 15) is 5.11 Å². The normalized spacial score (nSPS) is 43.8. The van der Waals surface area contributed by atoms with Crippen LogP contribution in [0.4, 0.5) is 0 Å². The number of likely N-dealkylation sites (tertiary alicyclic amines) is 1. The Morgan fingerprint density at radius 2 is 2.20 bits per heavy atom. The van der Waals surface area contributed by atoms with Gasteiger partial charge in [0.05, 0.1) is 5.60 Å². The van der Waals surface area contributed by atoms with Crippen LogP contribution in [0.3, 0.4) is 0 Å². The van der Waals surface area contributed by atoms with Crippen LogP contribution in [0.25, 0.3) is 0 Å². The molecule has 1 fully saturated rings. The summed E-state index contributed by atoms with van der Waals surface area (Å²) in [5.74, 6) is 0. The molecular weight excluding hydrogens is 126 g/mol. The Morgan fingerprint density at radius 1 is 1.60 bits per heavy atom. The smallest absolute Gasteiger partial charge is 0.0771 e. The second-order valence-electron chi connectivity index (χ2n) is 3.62. The minimum absolute atomic E-state index is 0.307. The van der Waals surface area contributed by atoms with Gasteiger partial charge in [-0.25, -0.2) is 0 Å². The summed E-state index contributed by atoms with van der Waals surface area (Å²) in [6, 6.07) is 0.307. The van der Waals surface area contributed by atoms with Crippen LogP contribution in [0, 0.1) is 0 Å². The van der Waals surface area contributed by atoms with E-state index in [1.165, 1.54) is 0 Å². The summed E-state index contributed by atoms with van der Waals surface area (Å²) < 4.78 is 0. The number of likely N-dealkylation sites (N-methyl/N-ethyl adjacent to an activating group) is 1. The summed E-state index contributed by atoms with van der Waals surface area (Å²) in [6.45, 7) is 5.13. The van der Waals surface area contributed by atoms with Crippen LogP contribution in [-0.4, -0.2) is 35.2 Å². The van der Waals surface area contributed by atoms with Crippen LogP contribution in [0.15, 0.2) is 0 Å². The molecule has 60 valence electrons. The van der Waals surface area contributed by atoms with Crippen molar-refractivity contribution in [3.05, 3.63) is 0 Å². The highest BCUT2D eigenvalue weighted by Gasteiger charge is 2.33. The van der Waals surface area contributed by atoms with Crippen molar-refractivity contribution in [2.75, 3.05) is 13.6 Å². The molecule has 0 radical (unpaired) electrons. The minimum Gasteiger partial charge on any atom is -0.389 e. The molecule has 0 bridgehead atoms. The molecule has 1 aliphatic heterocycles. The summed E-state index contributed by atoms with van der Waals surface area (Å²) in [7, 11) is 2.07. The molecule has 0 spiro atoms. The van der Waals surface area contributed by atoms with E-state index in [0.29, 0.717) is 6.04 Å². The molecule has 1 heterocycles. The summed E-state index contributed by atoms with van der Waals surface area (Å²) in [5.41, 5.74) is -0.465. The molecule has 0 amide bonds. The van der Waals surface area contributed by atoms with Gasteiger partial charge in [0.2, 0.25) is 0 Å². The van der Waals surface area contributed by atoms with Crippen molar-refractivity contribution in [2.45, 2.75) is 38.3 Å². The van der Waals surface area contributed by atoms with Gasteiger partial charge in [-0.3, -0.25) is 0 Å². The molecular formula is C8H17NO. The van der Waals surface area contributed by atoms with E-state index in [2.05, 4.69) is 18.9 Å². The molecule has 0 aromatic heterocycles. The first-order chi connectivity index (χ1) is 4.54. The largest absolute Gasteiger partial charge is 0.389 e. The average Bonchev–Trinajstić information content (AvgIpc) is 1.83. The van der Waals surface area contributed by atoms with Gasteiger partial charge in [0.25, 0.3) is 0 Å². The van der Waals surface area contributed by atoms with E-state index < -0.39 is 5.60 Å². The van der Waals surface area contributed by atoms with E-state index >= 15 is 0 Å². The molecule has 0 aliphatic carbocycles. The van der Waals surface area contributed by atoms with Gasteiger partial charge in [-0.15, -0.1) is 0 Å². The Hall–Kier alpha value is -0.0800. The summed E-state index contributed by atoms with van der Waals surface area (Å²) in [6.07, 6.45) is 2.06. The molecule has 2 nitrogen and oxygen atoms in total. The van der Waals surface area contributed by atoms with E-state index in [4.69, 9.17) is 0 Å². The van der Waals surface area contributed by atoms with E-state index in [-0.39, 0.29) is 0 Å². The number of hydrogen-bond acceptors (Lipinski definition) is 2. The first-order valence-electron chi connectivity index (χ1n) is 3.96. The zero-order valence-corrected chi connectivity index (χ0v) is 7.09. The van der Waals surface area contributed by atoms with Crippen LogP contribution < -0.4 is 0 Å². The maximum Gasteiger partial charge on any atom is 0.0771 e. The molecule has 0 aromatic rings. The van der Waals surface area contributed by atoms with E-state index in [1.807, 2.05) is 6.92 Å². The highest BCUT2D eigenvalue weighted by Crippen LogP contribution is 2.25. The zero-order chi connectivity index (χ0) is 7.78. The van der Waals surface area contributed by atoms with Crippen LogP contribution in [0.5, 0.6) is 0 Å². The SMILES string of the molecule is C[C@@H]1N(C)CCC[C@]1(C)O. The van der Waals surface area contributed by atoms with Crippen LogP contribution >= 0.6 is 0 Å². The second kappa shape index (κ2) is 2.51. The Morgan fingerprint density at radius 3 is 2.60 bits per heavy atom. The van der Waals surface area contributed by atoms with Gasteiger partial charge in [0.15, 0.2) is 0 Å². The number of nitrogens with zero attached hydrogens (tertiary/aromatic N) is 1. The van der Waals surface area contributed by atoms with Crippen LogP contribution in [0.1, 0.15) is 26.7 Å². The lowest BCUT2D eigenvalue weighted by Gasteiger charge is -2.41. The molecule has 1 aliphatic rings. The van der Waals surface area contributed by atoms with Crippen molar-refractivity contribution in [1.82, 2.24) is 4.90 Å². The lowest BCUT2D eigenvalue weighted by atomic mass is 9.88. The first-order valence-corrected chi connectivity index (χ1v) is 3.96. The number of aliphatic hydroxyl groups is 1. The highest BCUT2D eigenvalue weighted by atomic mass is 16.3. The Balaban J connectivity index is 2.60. The maximum absolute atomic E-state index is 9.77. The molecule has 1 rings (SSSR count). The second-order valence-corrected chi connectivity index (χ2v) is 3.62. The van der Waals surface area contributed by atoms with Crippen LogP contribution in [-0.2, 0) is 0 Å². The van der Waals surface area contributed by atoms with Crippen LogP contribution in [0.2, 0.25) is 0 Å². The van der Waals surface area contributed by atoms with E-state index in [0.717, 1.165) is 19.4 Å². The van der Waals surface area contributed by atoms with Gasteiger partial charge in [0, 0.05) is 6.04 Å². The third-order valence-electron chi connectivity index (χ3n) is 2.75.